The van der Waals surface area contributed by atoms with Crippen molar-refractivity contribution in [2.45, 2.75) is 0 Å². The first-order chi connectivity index (χ1) is 12.1. The monoisotopic (exact) mass is 345 g/mol. The lowest BCUT2D eigenvalue weighted by molar-refractivity contribution is -0.385. The highest BCUT2D eigenvalue weighted by molar-refractivity contribution is 5.97. The summed E-state index contributed by atoms with van der Waals surface area (Å²) in [6, 6.07) is 8.98. The van der Waals surface area contributed by atoms with Crippen molar-refractivity contribution in [3.05, 3.63) is 52.1 Å². The Balaban J connectivity index is 1.73. The van der Waals surface area contributed by atoms with Gasteiger partial charge in [-0.3, -0.25) is 14.9 Å². The molecule has 0 radical (unpaired) electrons. The Hall–Kier alpha value is -3.29. The maximum atomic E-state index is 12.3. The molecule has 0 aromatic heterocycles. The minimum Gasteiger partial charge on any atom is -0.496 e. The van der Waals surface area contributed by atoms with Crippen LogP contribution in [0.4, 0.5) is 5.69 Å². The molecule has 0 atom stereocenters. The van der Waals surface area contributed by atoms with Gasteiger partial charge in [-0.1, -0.05) is 0 Å². The van der Waals surface area contributed by atoms with Crippen molar-refractivity contribution in [3.8, 4) is 23.0 Å². The summed E-state index contributed by atoms with van der Waals surface area (Å²) in [5.41, 5.74) is 0.106. The van der Waals surface area contributed by atoms with Gasteiger partial charge in [0.15, 0.2) is 29.6 Å². The first kappa shape index (κ1) is 16.6. The molecule has 2 aromatic rings. The predicted molar refractivity (Wildman–Crippen MR) is 86.9 cm³/mol. The lowest BCUT2D eigenvalue weighted by Gasteiger charge is -2.18. The second kappa shape index (κ2) is 7.08. The number of carbonyl (C=O) groups is 1. The van der Waals surface area contributed by atoms with Gasteiger partial charge in [-0.2, -0.15) is 0 Å². The lowest BCUT2D eigenvalue weighted by Crippen LogP contribution is -2.17. The molecule has 0 N–H and O–H groups in total. The summed E-state index contributed by atoms with van der Waals surface area (Å²) in [4.78, 5) is 22.8. The van der Waals surface area contributed by atoms with E-state index < -0.39 is 4.92 Å². The van der Waals surface area contributed by atoms with Gasteiger partial charge in [0.05, 0.1) is 18.1 Å². The molecule has 0 saturated heterocycles. The Morgan fingerprint density at radius 3 is 2.64 bits per heavy atom. The molecule has 2 aromatic carbocycles. The number of fused-ring (bicyclic) bond motifs is 1. The topological polar surface area (TPSA) is 97.1 Å². The molecular weight excluding hydrogens is 330 g/mol. The number of ether oxygens (including phenoxy) is 4. The van der Waals surface area contributed by atoms with Crippen molar-refractivity contribution in [1.82, 2.24) is 0 Å². The highest BCUT2D eigenvalue weighted by Gasteiger charge is 2.19. The number of hydrogen-bond acceptors (Lipinski definition) is 7. The average molecular weight is 345 g/mol. The number of nitro groups is 1. The number of nitrogens with zero attached hydrogens (tertiary/aromatic N) is 1. The Morgan fingerprint density at radius 1 is 1.16 bits per heavy atom. The van der Waals surface area contributed by atoms with Crippen LogP contribution in [-0.2, 0) is 0 Å². The fourth-order valence-corrected chi connectivity index (χ4v) is 2.33. The largest absolute Gasteiger partial charge is 0.496 e. The lowest BCUT2D eigenvalue weighted by atomic mass is 10.1. The summed E-state index contributed by atoms with van der Waals surface area (Å²) >= 11 is 0. The van der Waals surface area contributed by atoms with Crippen LogP contribution in [-0.4, -0.2) is 37.6 Å². The van der Waals surface area contributed by atoms with E-state index in [0.29, 0.717) is 36.0 Å². The van der Waals surface area contributed by atoms with E-state index in [2.05, 4.69) is 0 Å². The molecule has 8 nitrogen and oxygen atoms in total. The number of carbonyl (C=O) groups excluding carboxylic acids is 1. The second-order valence-electron chi connectivity index (χ2n) is 5.16. The summed E-state index contributed by atoms with van der Waals surface area (Å²) in [5, 5.41) is 11.1. The zero-order valence-corrected chi connectivity index (χ0v) is 13.4. The minimum absolute atomic E-state index is 0.00306. The smallest absolute Gasteiger partial charge is 0.314 e. The number of hydrogen-bond donors (Lipinski definition) is 0. The van der Waals surface area contributed by atoms with Crippen LogP contribution in [0.25, 0.3) is 0 Å². The molecule has 0 unspecified atom stereocenters. The van der Waals surface area contributed by atoms with Crippen molar-refractivity contribution in [3.63, 3.8) is 0 Å². The second-order valence-corrected chi connectivity index (χ2v) is 5.16. The van der Waals surface area contributed by atoms with E-state index in [4.69, 9.17) is 18.9 Å². The number of rotatable bonds is 6. The third kappa shape index (κ3) is 3.63. The first-order valence-corrected chi connectivity index (χ1v) is 7.46. The molecule has 0 amide bonds. The van der Waals surface area contributed by atoms with Crippen LogP contribution in [0.1, 0.15) is 10.4 Å². The zero-order chi connectivity index (χ0) is 17.8. The minimum atomic E-state index is -0.591. The summed E-state index contributed by atoms with van der Waals surface area (Å²) in [7, 11) is 1.41. The van der Waals surface area contributed by atoms with Crippen LogP contribution in [0.2, 0.25) is 0 Å². The molecule has 0 spiro atoms. The first-order valence-electron chi connectivity index (χ1n) is 7.46. The van der Waals surface area contributed by atoms with Crippen LogP contribution >= 0.6 is 0 Å². The van der Waals surface area contributed by atoms with Crippen molar-refractivity contribution < 1.29 is 28.7 Å². The molecule has 1 heterocycles. The van der Waals surface area contributed by atoms with Crippen LogP contribution in [0.15, 0.2) is 36.4 Å². The van der Waals surface area contributed by atoms with E-state index in [-0.39, 0.29) is 23.8 Å². The summed E-state index contributed by atoms with van der Waals surface area (Å²) in [6.45, 7) is 0.538. The van der Waals surface area contributed by atoms with Crippen LogP contribution < -0.4 is 18.9 Å². The fraction of sp³-hybridized carbons (Fsp3) is 0.235. The third-order valence-electron chi connectivity index (χ3n) is 3.59. The molecule has 0 fully saturated rings. The van der Waals surface area contributed by atoms with E-state index >= 15 is 0 Å². The summed E-state index contributed by atoms with van der Waals surface area (Å²) in [5.74, 6) is 1.07. The van der Waals surface area contributed by atoms with Gasteiger partial charge >= 0.3 is 5.69 Å². The molecule has 3 rings (SSSR count). The molecular formula is C17H15NO7. The SMILES string of the molecule is COc1ccc(OCC(=O)c2ccc3c(c2)OCCO3)c([N+](=O)[O-])c1. The molecule has 0 saturated carbocycles. The molecule has 0 aliphatic carbocycles. The van der Waals surface area contributed by atoms with Gasteiger partial charge in [-0.25, -0.2) is 0 Å². The van der Waals surface area contributed by atoms with Gasteiger partial charge in [0.1, 0.15) is 19.0 Å². The normalized spacial score (nSPS) is 12.4. The van der Waals surface area contributed by atoms with Gasteiger partial charge in [0.2, 0.25) is 0 Å². The van der Waals surface area contributed by atoms with E-state index in [9.17, 15) is 14.9 Å². The van der Waals surface area contributed by atoms with Crippen molar-refractivity contribution >= 4 is 11.5 Å². The van der Waals surface area contributed by atoms with Crippen LogP contribution in [0, 0.1) is 10.1 Å². The number of ketones is 1. The maximum absolute atomic E-state index is 12.3. The number of Topliss-reactive ketones (excluding diaryl/α,β-unsaturated/α-hetero) is 1. The fourth-order valence-electron chi connectivity index (χ4n) is 2.33. The Labute approximate surface area is 143 Å². The Morgan fingerprint density at radius 2 is 1.92 bits per heavy atom. The quantitative estimate of drug-likeness (QED) is 0.451. The van der Waals surface area contributed by atoms with Gasteiger partial charge in [0, 0.05) is 5.56 Å². The molecule has 1 aliphatic heterocycles. The van der Waals surface area contributed by atoms with E-state index in [1.807, 2.05) is 0 Å². The molecule has 8 heteroatoms. The highest BCUT2D eigenvalue weighted by Crippen LogP contribution is 2.32. The van der Waals surface area contributed by atoms with Gasteiger partial charge < -0.3 is 18.9 Å². The molecule has 0 bridgehead atoms. The zero-order valence-electron chi connectivity index (χ0n) is 13.4. The predicted octanol–water partition coefficient (Wildman–Crippen LogP) is 2.64. The van der Waals surface area contributed by atoms with Crippen LogP contribution in [0.3, 0.4) is 0 Å². The maximum Gasteiger partial charge on any atom is 0.314 e. The highest BCUT2D eigenvalue weighted by atomic mass is 16.6. The van der Waals surface area contributed by atoms with Crippen molar-refractivity contribution in [1.29, 1.82) is 0 Å². The standard InChI is InChI=1S/C17H15NO7/c1-22-12-3-5-15(13(9-12)18(20)21)25-10-14(19)11-2-4-16-17(8-11)24-7-6-23-16/h2-5,8-9H,6-7,10H2,1H3. The Kier molecular flexibility index (Phi) is 4.69. The molecule has 1 aliphatic rings. The van der Waals surface area contributed by atoms with E-state index in [1.165, 1.54) is 25.3 Å². The number of nitro benzene ring substituents is 1. The average Bonchev–Trinajstić information content (AvgIpc) is 2.65. The van der Waals surface area contributed by atoms with Crippen molar-refractivity contribution in [2.24, 2.45) is 0 Å². The van der Waals surface area contributed by atoms with Crippen molar-refractivity contribution in [2.75, 3.05) is 26.9 Å². The van der Waals surface area contributed by atoms with E-state index in [1.54, 1.807) is 18.2 Å². The number of methoxy groups -OCH3 is 1. The van der Waals surface area contributed by atoms with Gasteiger partial charge in [0.25, 0.3) is 0 Å². The molecule has 130 valence electrons. The van der Waals surface area contributed by atoms with Crippen LogP contribution in [0.5, 0.6) is 23.0 Å². The summed E-state index contributed by atoms with van der Waals surface area (Å²) in [6.07, 6.45) is 0. The summed E-state index contributed by atoms with van der Waals surface area (Å²) < 4.78 is 21.1. The Bertz CT molecular complexity index is 819. The number of benzene rings is 2. The van der Waals surface area contributed by atoms with Gasteiger partial charge in [-0.05, 0) is 30.3 Å². The third-order valence-corrected chi connectivity index (χ3v) is 3.59. The van der Waals surface area contributed by atoms with E-state index in [0.717, 1.165) is 0 Å². The van der Waals surface area contributed by atoms with Gasteiger partial charge in [-0.15, -0.1) is 0 Å². The molecule has 25 heavy (non-hydrogen) atoms.